The van der Waals surface area contributed by atoms with E-state index in [9.17, 15) is 4.79 Å². The number of pyridine rings is 2. The van der Waals surface area contributed by atoms with Crippen LogP contribution >= 0.6 is 0 Å². The standard InChI is InChI=1S/C24H23N5O2/c1-31-20-8-5-17(6-9-20)16-29-21(14-18-4-2-11-25-23(18)29)24(30)27-19-7-10-22(26-15-19)28-12-3-13-28/h2,4-11,14-15H,3,12-13,16H2,1H3,(H,27,30). The van der Waals surface area contributed by atoms with E-state index in [1.165, 1.54) is 6.42 Å². The van der Waals surface area contributed by atoms with Crippen molar-refractivity contribution in [2.75, 3.05) is 30.4 Å². The number of hydrogen-bond acceptors (Lipinski definition) is 5. The number of carbonyl (C=O) groups is 1. The first-order valence-electron chi connectivity index (χ1n) is 10.3. The van der Waals surface area contributed by atoms with Crippen molar-refractivity contribution in [3.8, 4) is 5.75 Å². The van der Waals surface area contributed by atoms with Gasteiger partial charge in [0.2, 0.25) is 0 Å². The molecule has 1 aliphatic heterocycles. The molecule has 0 aliphatic carbocycles. The lowest BCUT2D eigenvalue weighted by atomic mass is 10.2. The van der Waals surface area contributed by atoms with Gasteiger partial charge in [-0.25, -0.2) is 9.97 Å². The van der Waals surface area contributed by atoms with E-state index in [-0.39, 0.29) is 5.91 Å². The lowest BCUT2D eigenvalue weighted by molar-refractivity contribution is 0.101. The van der Waals surface area contributed by atoms with Gasteiger partial charge in [-0.05, 0) is 54.4 Å². The Kier molecular flexibility index (Phi) is 5.00. The summed E-state index contributed by atoms with van der Waals surface area (Å²) in [5.41, 5.74) is 3.05. The van der Waals surface area contributed by atoms with Crippen LogP contribution in [0.15, 0.2) is 67.0 Å². The van der Waals surface area contributed by atoms with Crippen LogP contribution in [-0.4, -0.2) is 40.6 Å². The quantitative estimate of drug-likeness (QED) is 0.518. The molecule has 0 unspecified atom stereocenters. The van der Waals surface area contributed by atoms with E-state index >= 15 is 0 Å². The van der Waals surface area contributed by atoms with Gasteiger partial charge in [0.15, 0.2) is 0 Å². The maximum absolute atomic E-state index is 13.2. The first-order valence-corrected chi connectivity index (χ1v) is 10.3. The fourth-order valence-corrected chi connectivity index (χ4v) is 3.74. The molecular formula is C24H23N5O2. The van der Waals surface area contributed by atoms with Crippen molar-refractivity contribution in [2.45, 2.75) is 13.0 Å². The molecule has 1 N–H and O–H groups in total. The van der Waals surface area contributed by atoms with Crippen LogP contribution in [0.25, 0.3) is 11.0 Å². The summed E-state index contributed by atoms with van der Waals surface area (Å²) in [5.74, 6) is 1.55. The number of fused-ring (bicyclic) bond motifs is 1. The second-order valence-corrected chi connectivity index (χ2v) is 7.58. The number of anilines is 2. The lowest BCUT2D eigenvalue weighted by Crippen LogP contribution is -2.37. The number of ether oxygens (including phenoxy) is 1. The minimum Gasteiger partial charge on any atom is -0.497 e. The van der Waals surface area contributed by atoms with Gasteiger partial charge in [0.05, 0.1) is 19.0 Å². The summed E-state index contributed by atoms with van der Waals surface area (Å²) in [7, 11) is 1.64. The highest BCUT2D eigenvalue weighted by Gasteiger charge is 2.18. The van der Waals surface area contributed by atoms with E-state index < -0.39 is 0 Å². The maximum Gasteiger partial charge on any atom is 0.272 e. The first kappa shape index (κ1) is 19.1. The van der Waals surface area contributed by atoms with Crippen molar-refractivity contribution in [3.05, 3.63) is 78.2 Å². The van der Waals surface area contributed by atoms with Gasteiger partial charge in [0.1, 0.15) is 22.9 Å². The molecule has 31 heavy (non-hydrogen) atoms. The van der Waals surface area contributed by atoms with Crippen LogP contribution in [0.4, 0.5) is 11.5 Å². The third-order valence-corrected chi connectivity index (χ3v) is 5.57. The second-order valence-electron chi connectivity index (χ2n) is 7.58. The van der Waals surface area contributed by atoms with Crippen LogP contribution in [0, 0.1) is 0 Å². The van der Waals surface area contributed by atoms with Crippen molar-refractivity contribution < 1.29 is 9.53 Å². The Labute approximate surface area is 180 Å². The Hall–Kier alpha value is -3.87. The molecule has 5 rings (SSSR count). The third kappa shape index (κ3) is 3.82. The summed E-state index contributed by atoms with van der Waals surface area (Å²) in [6.07, 6.45) is 4.65. The predicted octanol–water partition coefficient (Wildman–Crippen LogP) is 3.95. The molecule has 4 heterocycles. The van der Waals surface area contributed by atoms with Crippen molar-refractivity contribution in [2.24, 2.45) is 0 Å². The monoisotopic (exact) mass is 413 g/mol. The highest BCUT2D eigenvalue weighted by molar-refractivity contribution is 6.06. The first-order chi connectivity index (χ1) is 15.2. The molecule has 1 aromatic carbocycles. The summed E-state index contributed by atoms with van der Waals surface area (Å²) < 4.78 is 7.18. The summed E-state index contributed by atoms with van der Waals surface area (Å²) in [4.78, 5) is 24.4. The molecule has 1 saturated heterocycles. The van der Waals surface area contributed by atoms with Gasteiger partial charge in [0, 0.05) is 31.2 Å². The normalized spacial score (nSPS) is 13.1. The zero-order valence-electron chi connectivity index (χ0n) is 17.3. The van der Waals surface area contributed by atoms with E-state index in [1.54, 1.807) is 19.5 Å². The molecule has 1 fully saturated rings. The number of rotatable bonds is 6. The largest absolute Gasteiger partial charge is 0.497 e. The molecule has 0 saturated carbocycles. The van der Waals surface area contributed by atoms with E-state index in [0.29, 0.717) is 17.9 Å². The summed E-state index contributed by atoms with van der Waals surface area (Å²) in [5, 5.41) is 3.90. The predicted molar refractivity (Wildman–Crippen MR) is 121 cm³/mol. The summed E-state index contributed by atoms with van der Waals surface area (Å²) in [6, 6.07) is 17.4. The van der Waals surface area contributed by atoms with E-state index in [0.717, 1.165) is 41.3 Å². The molecule has 0 radical (unpaired) electrons. The molecule has 1 aliphatic rings. The van der Waals surface area contributed by atoms with Crippen molar-refractivity contribution >= 4 is 28.4 Å². The second kappa shape index (κ2) is 8.10. The van der Waals surface area contributed by atoms with Crippen LogP contribution in [0.2, 0.25) is 0 Å². The van der Waals surface area contributed by atoms with Crippen LogP contribution in [0.3, 0.4) is 0 Å². The van der Waals surface area contributed by atoms with Crippen LogP contribution in [0.5, 0.6) is 5.75 Å². The number of carbonyl (C=O) groups excluding carboxylic acids is 1. The average molecular weight is 413 g/mol. The van der Waals surface area contributed by atoms with Crippen molar-refractivity contribution in [1.82, 2.24) is 14.5 Å². The van der Waals surface area contributed by atoms with Gasteiger partial charge >= 0.3 is 0 Å². The van der Waals surface area contributed by atoms with Gasteiger partial charge in [-0.15, -0.1) is 0 Å². The number of nitrogens with one attached hydrogen (secondary N) is 1. The van der Waals surface area contributed by atoms with E-state index in [4.69, 9.17) is 4.74 Å². The van der Waals surface area contributed by atoms with Gasteiger partial charge in [0.25, 0.3) is 5.91 Å². The number of amides is 1. The lowest BCUT2D eigenvalue weighted by Gasteiger charge is -2.31. The summed E-state index contributed by atoms with van der Waals surface area (Å²) >= 11 is 0. The maximum atomic E-state index is 13.2. The fourth-order valence-electron chi connectivity index (χ4n) is 3.74. The van der Waals surface area contributed by atoms with Gasteiger partial charge < -0.3 is 19.5 Å². The number of methoxy groups -OCH3 is 1. The molecule has 0 atom stereocenters. The van der Waals surface area contributed by atoms with E-state index in [1.807, 2.05) is 59.2 Å². The number of hydrogen-bond donors (Lipinski definition) is 1. The third-order valence-electron chi connectivity index (χ3n) is 5.57. The minimum absolute atomic E-state index is 0.190. The van der Waals surface area contributed by atoms with Gasteiger partial charge in [-0.2, -0.15) is 0 Å². The highest BCUT2D eigenvalue weighted by atomic mass is 16.5. The van der Waals surface area contributed by atoms with Crippen LogP contribution in [0.1, 0.15) is 22.5 Å². The Morgan fingerprint density at radius 2 is 1.94 bits per heavy atom. The molecule has 1 amide bonds. The number of nitrogens with zero attached hydrogens (tertiary/aromatic N) is 4. The SMILES string of the molecule is COc1ccc(Cn2c(C(=O)Nc3ccc(N4CCC4)nc3)cc3cccnc32)cc1. The Bertz CT molecular complexity index is 1210. The van der Waals surface area contributed by atoms with E-state index in [2.05, 4.69) is 20.2 Å². The number of aromatic nitrogens is 3. The molecular weight excluding hydrogens is 390 g/mol. The molecule has 0 spiro atoms. The minimum atomic E-state index is -0.190. The Morgan fingerprint density at radius 1 is 1.10 bits per heavy atom. The molecule has 3 aromatic heterocycles. The molecule has 4 aromatic rings. The number of benzene rings is 1. The van der Waals surface area contributed by atoms with Crippen molar-refractivity contribution in [3.63, 3.8) is 0 Å². The van der Waals surface area contributed by atoms with Crippen molar-refractivity contribution in [1.29, 1.82) is 0 Å². The smallest absolute Gasteiger partial charge is 0.272 e. The average Bonchev–Trinajstić information content (AvgIpc) is 3.13. The zero-order valence-corrected chi connectivity index (χ0v) is 17.3. The van der Waals surface area contributed by atoms with Crippen LogP contribution in [-0.2, 0) is 6.54 Å². The van der Waals surface area contributed by atoms with Crippen LogP contribution < -0.4 is 15.0 Å². The molecule has 156 valence electrons. The highest BCUT2D eigenvalue weighted by Crippen LogP contribution is 2.23. The van der Waals surface area contributed by atoms with Gasteiger partial charge in [-0.3, -0.25) is 4.79 Å². The Balaban J connectivity index is 1.42. The topological polar surface area (TPSA) is 72.3 Å². The zero-order chi connectivity index (χ0) is 21.2. The molecule has 7 nitrogen and oxygen atoms in total. The summed E-state index contributed by atoms with van der Waals surface area (Å²) in [6.45, 7) is 2.60. The van der Waals surface area contributed by atoms with Gasteiger partial charge in [-0.1, -0.05) is 12.1 Å². The Morgan fingerprint density at radius 3 is 2.61 bits per heavy atom. The molecule has 0 bridgehead atoms. The fraction of sp³-hybridized carbons (Fsp3) is 0.208. The molecule has 7 heteroatoms.